The summed E-state index contributed by atoms with van der Waals surface area (Å²) in [5.74, 6) is 0.889. The predicted molar refractivity (Wildman–Crippen MR) is 54.3 cm³/mol. The van der Waals surface area contributed by atoms with Crippen LogP contribution in [0.1, 0.15) is 5.56 Å². The Kier molecular flexibility index (Phi) is 2.75. The van der Waals surface area contributed by atoms with Gasteiger partial charge in [-0.2, -0.15) is 0 Å². The Balaban J connectivity index is 2.57. The van der Waals surface area contributed by atoms with Crippen LogP contribution in [0, 0.1) is 0 Å². The van der Waals surface area contributed by atoms with Crippen LogP contribution in [0.2, 0.25) is 0 Å². The van der Waals surface area contributed by atoms with Crippen LogP contribution >= 0.6 is 0 Å². The third-order valence-corrected chi connectivity index (χ3v) is 3.40. The van der Waals surface area contributed by atoms with Gasteiger partial charge in [0.25, 0.3) is 0 Å². The van der Waals surface area contributed by atoms with E-state index in [-0.39, 0.29) is 18.2 Å². The molecular formula is C9H11NO5S. The molecule has 0 radical (unpaired) electrons. The second-order valence-corrected chi connectivity index (χ2v) is 5.40. The van der Waals surface area contributed by atoms with Crippen molar-refractivity contribution < 1.29 is 23.1 Å². The molecule has 1 heterocycles. The van der Waals surface area contributed by atoms with Gasteiger partial charge in [-0.15, -0.1) is 0 Å². The van der Waals surface area contributed by atoms with Gasteiger partial charge in [0.05, 0.1) is 4.90 Å². The number of sulfone groups is 1. The number of ether oxygens (including phenoxy) is 2. The molecule has 0 fully saturated rings. The van der Waals surface area contributed by atoms with Crippen molar-refractivity contribution in [3.63, 3.8) is 0 Å². The highest BCUT2D eigenvalue weighted by atomic mass is 32.2. The number of hydrogen-bond acceptors (Lipinski definition) is 6. The van der Waals surface area contributed by atoms with Crippen molar-refractivity contribution in [1.82, 2.24) is 5.48 Å². The smallest absolute Gasteiger partial charge is 0.231 e. The van der Waals surface area contributed by atoms with Crippen molar-refractivity contribution in [1.29, 1.82) is 0 Å². The quantitative estimate of drug-likeness (QED) is 0.745. The molecule has 0 aromatic heterocycles. The largest absolute Gasteiger partial charge is 0.454 e. The summed E-state index contributed by atoms with van der Waals surface area (Å²) in [5.41, 5.74) is 2.37. The van der Waals surface area contributed by atoms with E-state index in [0.29, 0.717) is 17.1 Å². The first-order valence-electron chi connectivity index (χ1n) is 4.52. The van der Waals surface area contributed by atoms with Crippen molar-refractivity contribution in [3.8, 4) is 11.5 Å². The summed E-state index contributed by atoms with van der Waals surface area (Å²) in [6.45, 7) is 0.105. The monoisotopic (exact) mass is 245 g/mol. The van der Waals surface area contributed by atoms with E-state index in [1.165, 1.54) is 6.07 Å². The van der Waals surface area contributed by atoms with E-state index in [1.54, 1.807) is 6.07 Å². The van der Waals surface area contributed by atoms with Gasteiger partial charge in [0.1, 0.15) is 0 Å². The Bertz CT molecular complexity index is 511. The average molecular weight is 245 g/mol. The summed E-state index contributed by atoms with van der Waals surface area (Å²) in [6, 6.07) is 2.95. The number of benzene rings is 1. The van der Waals surface area contributed by atoms with E-state index in [1.807, 2.05) is 5.48 Å². The van der Waals surface area contributed by atoms with Gasteiger partial charge in [-0.05, 0) is 11.6 Å². The normalized spacial score (nSPS) is 14.1. The van der Waals surface area contributed by atoms with Crippen LogP contribution in [-0.2, 0) is 16.4 Å². The van der Waals surface area contributed by atoms with Gasteiger partial charge in [-0.3, -0.25) is 0 Å². The highest BCUT2D eigenvalue weighted by Crippen LogP contribution is 2.36. The van der Waals surface area contributed by atoms with E-state index in [9.17, 15) is 8.42 Å². The van der Waals surface area contributed by atoms with Gasteiger partial charge in [0.15, 0.2) is 21.3 Å². The van der Waals surface area contributed by atoms with Crippen LogP contribution in [0.15, 0.2) is 17.0 Å². The molecule has 0 bridgehead atoms. The van der Waals surface area contributed by atoms with Crippen LogP contribution in [0.25, 0.3) is 0 Å². The summed E-state index contributed by atoms with van der Waals surface area (Å²) < 4.78 is 33.3. The first-order chi connectivity index (χ1) is 7.52. The first kappa shape index (κ1) is 11.2. The van der Waals surface area contributed by atoms with Crippen molar-refractivity contribution in [2.75, 3.05) is 13.0 Å². The van der Waals surface area contributed by atoms with Gasteiger partial charge in [0.2, 0.25) is 6.79 Å². The number of rotatable bonds is 3. The lowest BCUT2D eigenvalue weighted by atomic mass is 10.2. The van der Waals surface area contributed by atoms with Crippen LogP contribution in [0.3, 0.4) is 0 Å². The molecular weight excluding hydrogens is 234 g/mol. The molecule has 0 saturated heterocycles. The van der Waals surface area contributed by atoms with E-state index in [0.717, 1.165) is 6.26 Å². The molecule has 1 aliphatic heterocycles. The van der Waals surface area contributed by atoms with Gasteiger partial charge < -0.3 is 14.7 Å². The van der Waals surface area contributed by atoms with Crippen molar-refractivity contribution in [2.24, 2.45) is 0 Å². The fourth-order valence-corrected chi connectivity index (χ4v) is 2.46. The molecule has 1 aromatic rings. The van der Waals surface area contributed by atoms with E-state index in [2.05, 4.69) is 0 Å². The topological polar surface area (TPSA) is 84.9 Å². The summed E-state index contributed by atoms with van der Waals surface area (Å²) >= 11 is 0. The Hall–Kier alpha value is -1.31. The second-order valence-electron chi connectivity index (χ2n) is 3.42. The highest BCUT2D eigenvalue weighted by molar-refractivity contribution is 7.90. The molecule has 2 rings (SSSR count). The maximum absolute atomic E-state index is 11.5. The Labute approximate surface area is 92.7 Å². The lowest BCUT2D eigenvalue weighted by Crippen LogP contribution is -2.11. The summed E-state index contributed by atoms with van der Waals surface area (Å²) in [5, 5.41) is 8.64. The zero-order chi connectivity index (χ0) is 11.8. The molecule has 88 valence electrons. The standard InChI is InChI=1S/C9H11NO5S/c1-16(12,13)9-3-8-7(14-5-15-8)2-6(9)4-10-11/h2-3,10-11H,4-5H2,1H3. The lowest BCUT2D eigenvalue weighted by molar-refractivity contribution is 0.160. The molecule has 2 N–H and O–H groups in total. The van der Waals surface area contributed by atoms with Crippen LogP contribution < -0.4 is 15.0 Å². The van der Waals surface area contributed by atoms with Gasteiger partial charge in [-0.1, -0.05) is 0 Å². The summed E-state index contributed by atoms with van der Waals surface area (Å²) in [4.78, 5) is 0.123. The number of hydrogen-bond donors (Lipinski definition) is 2. The van der Waals surface area contributed by atoms with E-state index >= 15 is 0 Å². The molecule has 0 atom stereocenters. The maximum atomic E-state index is 11.5. The van der Waals surface area contributed by atoms with E-state index < -0.39 is 9.84 Å². The van der Waals surface area contributed by atoms with Crippen LogP contribution in [0.4, 0.5) is 0 Å². The Morgan fingerprint density at radius 3 is 2.56 bits per heavy atom. The minimum Gasteiger partial charge on any atom is -0.454 e. The zero-order valence-corrected chi connectivity index (χ0v) is 9.37. The van der Waals surface area contributed by atoms with Crippen molar-refractivity contribution >= 4 is 9.84 Å². The molecule has 1 aromatic carbocycles. The van der Waals surface area contributed by atoms with Crippen LogP contribution in [0.5, 0.6) is 11.5 Å². The number of nitrogens with one attached hydrogen (secondary N) is 1. The summed E-state index contributed by atoms with van der Waals surface area (Å²) in [7, 11) is -3.36. The molecule has 0 amide bonds. The molecule has 6 nitrogen and oxygen atoms in total. The molecule has 0 aliphatic carbocycles. The predicted octanol–water partition coefficient (Wildman–Crippen LogP) is 0.298. The maximum Gasteiger partial charge on any atom is 0.231 e. The highest BCUT2D eigenvalue weighted by Gasteiger charge is 2.21. The third kappa shape index (κ3) is 1.97. The zero-order valence-electron chi connectivity index (χ0n) is 8.56. The molecule has 7 heteroatoms. The fraction of sp³-hybridized carbons (Fsp3) is 0.333. The summed E-state index contributed by atoms with van der Waals surface area (Å²) in [6.07, 6.45) is 1.10. The minimum atomic E-state index is -3.36. The van der Waals surface area contributed by atoms with Gasteiger partial charge in [0, 0.05) is 18.9 Å². The third-order valence-electron chi connectivity index (χ3n) is 2.22. The first-order valence-corrected chi connectivity index (χ1v) is 6.41. The van der Waals surface area contributed by atoms with E-state index in [4.69, 9.17) is 14.7 Å². The minimum absolute atomic E-state index is 0.0268. The van der Waals surface area contributed by atoms with Gasteiger partial charge >= 0.3 is 0 Å². The molecule has 0 saturated carbocycles. The van der Waals surface area contributed by atoms with Gasteiger partial charge in [-0.25, -0.2) is 13.9 Å². The molecule has 0 unspecified atom stereocenters. The van der Waals surface area contributed by atoms with Crippen molar-refractivity contribution in [2.45, 2.75) is 11.4 Å². The molecule has 16 heavy (non-hydrogen) atoms. The fourth-order valence-electron chi connectivity index (χ4n) is 1.53. The average Bonchev–Trinajstić information content (AvgIpc) is 2.62. The SMILES string of the molecule is CS(=O)(=O)c1cc2c(cc1CNO)OCO2. The molecule has 1 aliphatic rings. The van der Waals surface area contributed by atoms with Crippen molar-refractivity contribution in [3.05, 3.63) is 17.7 Å². The Morgan fingerprint density at radius 1 is 1.38 bits per heavy atom. The lowest BCUT2D eigenvalue weighted by Gasteiger charge is -2.08. The molecule has 0 spiro atoms. The number of fused-ring (bicyclic) bond motifs is 1. The van der Waals surface area contributed by atoms with Crippen LogP contribution in [-0.4, -0.2) is 26.7 Å². The Morgan fingerprint density at radius 2 is 2.00 bits per heavy atom. The second kappa shape index (κ2) is 3.93. The number of hydroxylamine groups is 1.